The SMILES string of the molecule is CCCCCCCCCCC/C=C\C/C=C\C/C=C/C(=O)O. The van der Waals surface area contributed by atoms with Gasteiger partial charge in [-0.25, -0.2) is 4.79 Å². The summed E-state index contributed by atoms with van der Waals surface area (Å²) in [5.74, 6) is -0.880. The van der Waals surface area contributed by atoms with Crippen molar-refractivity contribution in [2.24, 2.45) is 0 Å². The summed E-state index contributed by atoms with van der Waals surface area (Å²) in [5, 5.41) is 8.42. The normalized spacial score (nSPS) is 12.0. The standard InChI is InChI=1S/C20H34O2/c1-2-3-4-5-6-7-8-9-10-11-12-13-14-15-16-17-18-19-20(21)22/h12-13,15-16,18-19H,2-11,14,17H2,1H3,(H,21,22)/b13-12-,16-15-,19-18+. The van der Waals surface area contributed by atoms with Crippen LogP contribution in [0.4, 0.5) is 0 Å². The number of unbranched alkanes of at least 4 members (excludes halogenated alkanes) is 9. The van der Waals surface area contributed by atoms with Crippen LogP contribution in [-0.2, 0) is 4.79 Å². The van der Waals surface area contributed by atoms with Crippen molar-refractivity contribution in [3.63, 3.8) is 0 Å². The van der Waals surface area contributed by atoms with Crippen LogP contribution >= 0.6 is 0 Å². The Morgan fingerprint density at radius 3 is 1.82 bits per heavy atom. The maximum atomic E-state index is 10.2. The summed E-state index contributed by atoms with van der Waals surface area (Å²) < 4.78 is 0. The third kappa shape index (κ3) is 18.7. The lowest BCUT2D eigenvalue weighted by atomic mass is 10.1. The summed E-state index contributed by atoms with van der Waals surface area (Å²) in [6.07, 6.45) is 26.6. The van der Waals surface area contributed by atoms with E-state index in [1.807, 2.05) is 6.08 Å². The molecule has 2 nitrogen and oxygen atoms in total. The highest BCUT2D eigenvalue weighted by Crippen LogP contribution is 2.10. The van der Waals surface area contributed by atoms with E-state index in [9.17, 15) is 4.79 Å². The Morgan fingerprint density at radius 2 is 1.23 bits per heavy atom. The fourth-order valence-corrected chi connectivity index (χ4v) is 2.31. The van der Waals surface area contributed by atoms with Crippen molar-refractivity contribution in [3.05, 3.63) is 36.5 Å². The number of rotatable bonds is 15. The molecule has 0 amide bonds. The Labute approximate surface area is 137 Å². The van der Waals surface area contributed by atoms with Crippen LogP contribution in [0.3, 0.4) is 0 Å². The van der Waals surface area contributed by atoms with Gasteiger partial charge >= 0.3 is 5.97 Å². The summed E-state index contributed by atoms with van der Waals surface area (Å²) >= 11 is 0. The number of allylic oxidation sites excluding steroid dienone is 5. The fourth-order valence-electron chi connectivity index (χ4n) is 2.31. The lowest BCUT2D eigenvalue weighted by molar-refractivity contribution is -0.131. The summed E-state index contributed by atoms with van der Waals surface area (Å²) in [5.41, 5.74) is 0. The van der Waals surface area contributed by atoms with Gasteiger partial charge in [0, 0.05) is 6.08 Å². The molecule has 0 aliphatic rings. The van der Waals surface area contributed by atoms with Gasteiger partial charge in [-0.05, 0) is 25.7 Å². The third-order valence-electron chi connectivity index (χ3n) is 3.61. The molecule has 0 saturated carbocycles. The van der Waals surface area contributed by atoms with Gasteiger partial charge in [0.15, 0.2) is 0 Å². The Balaban J connectivity index is 3.24. The molecule has 0 spiro atoms. The van der Waals surface area contributed by atoms with Gasteiger partial charge < -0.3 is 5.11 Å². The quantitative estimate of drug-likeness (QED) is 0.215. The van der Waals surface area contributed by atoms with E-state index in [0.717, 1.165) is 6.42 Å². The average molecular weight is 306 g/mol. The van der Waals surface area contributed by atoms with Gasteiger partial charge in [-0.3, -0.25) is 0 Å². The van der Waals surface area contributed by atoms with Crippen LogP contribution in [-0.4, -0.2) is 11.1 Å². The van der Waals surface area contributed by atoms with Crippen LogP contribution in [0, 0.1) is 0 Å². The number of hydrogen-bond acceptors (Lipinski definition) is 1. The third-order valence-corrected chi connectivity index (χ3v) is 3.61. The first-order valence-corrected chi connectivity index (χ1v) is 8.96. The van der Waals surface area contributed by atoms with E-state index >= 15 is 0 Å². The van der Waals surface area contributed by atoms with E-state index in [1.54, 1.807) is 6.08 Å². The first kappa shape index (κ1) is 20.7. The minimum absolute atomic E-state index is 0.693. The maximum absolute atomic E-state index is 10.2. The molecule has 0 aromatic rings. The Kier molecular flexibility index (Phi) is 16.7. The van der Waals surface area contributed by atoms with E-state index in [2.05, 4.69) is 25.2 Å². The molecule has 0 fully saturated rings. The zero-order valence-electron chi connectivity index (χ0n) is 14.3. The second kappa shape index (κ2) is 17.7. The molecule has 0 aromatic heterocycles. The zero-order chi connectivity index (χ0) is 16.3. The maximum Gasteiger partial charge on any atom is 0.327 e. The Morgan fingerprint density at radius 1 is 0.727 bits per heavy atom. The highest BCUT2D eigenvalue weighted by atomic mass is 16.4. The summed E-state index contributed by atoms with van der Waals surface area (Å²) in [7, 11) is 0. The second-order valence-corrected chi connectivity index (χ2v) is 5.77. The smallest absolute Gasteiger partial charge is 0.327 e. The van der Waals surface area contributed by atoms with E-state index < -0.39 is 5.97 Å². The molecule has 0 bridgehead atoms. The molecule has 0 aromatic carbocycles. The number of aliphatic carboxylic acids is 1. The molecule has 126 valence electrons. The van der Waals surface area contributed by atoms with E-state index in [-0.39, 0.29) is 0 Å². The van der Waals surface area contributed by atoms with Crippen LogP contribution < -0.4 is 0 Å². The van der Waals surface area contributed by atoms with E-state index in [1.165, 1.54) is 70.3 Å². The predicted molar refractivity (Wildman–Crippen MR) is 96.1 cm³/mol. The second-order valence-electron chi connectivity index (χ2n) is 5.77. The van der Waals surface area contributed by atoms with Crippen LogP contribution in [0.1, 0.15) is 84.0 Å². The largest absolute Gasteiger partial charge is 0.478 e. The van der Waals surface area contributed by atoms with Crippen LogP contribution in [0.2, 0.25) is 0 Å². The first-order chi connectivity index (χ1) is 10.8. The number of carboxylic acid groups (broad SMARTS) is 1. The van der Waals surface area contributed by atoms with E-state index in [0.29, 0.717) is 6.42 Å². The number of hydrogen-bond donors (Lipinski definition) is 1. The van der Waals surface area contributed by atoms with Gasteiger partial charge in [0.2, 0.25) is 0 Å². The molecule has 22 heavy (non-hydrogen) atoms. The van der Waals surface area contributed by atoms with Crippen LogP contribution in [0.25, 0.3) is 0 Å². The summed E-state index contributed by atoms with van der Waals surface area (Å²) in [6.45, 7) is 2.26. The number of carbonyl (C=O) groups is 1. The first-order valence-electron chi connectivity index (χ1n) is 8.96. The lowest BCUT2D eigenvalue weighted by Crippen LogP contribution is -1.84. The highest BCUT2D eigenvalue weighted by molar-refractivity contribution is 5.79. The van der Waals surface area contributed by atoms with Crippen molar-refractivity contribution in [1.82, 2.24) is 0 Å². The molecule has 0 rings (SSSR count). The monoisotopic (exact) mass is 306 g/mol. The molecular formula is C20H34O2. The average Bonchev–Trinajstić information content (AvgIpc) is 2.50. The lowest BCUT2D eigenvalue weighted by Gasteiger charge is -2.00. The summed E-state index contributed by atoms with van der Waals surface area (Å²) in [4.78, 5) is 10.2. The topological polar surface area (TPSA) is 37.3 Å². The van der Waals surface area contributed by atoms with Crippen molar-refractivity contribution < 1.29 is 9.90 Å². The number of carboxylic acids is 1. The molecule has 0 aliphatic carbocycles. The molecule has 0 atom stereocenters. The Hall–Kier alpha value is -1.31. The van der Waals surface area contributed by atoms with Gasteiger partial charge in [0.05, 0.1) is 0 Å². The van der Waals surface area contributed by atoms with Gasteiger partial charge in [-0.2, -0.15) is 0 Å². The van der Waals surface area contributed by atoms with Crippen molar-refractivity contribution in [2.45, 2.75) is 84.0 Å². The minimum Gasteiger partial charge on any atom is -0.478 e. The minimum atomic E-state index is -0.880. The molecule has 0 aliphatic heterocycles. The van der Waals surface area contributed by atoms with Crippen molar-refractivity contribution in [3.8, 4) is 0 Å². The van der Waals surface area contributed by atoms with Crippen molar-refractivity contribution >= 4 is 5.97 Å². The van der Waals surface area contributed by atoms with Crippen LogP contribution in [0.5, 0.6) is 0 Å². The zero-order valence-corrected chi connectivity index (χ0v) is 14.3. The van der Waals surface area contributed by atoms with Gasteiger partial charge in [-0.1, -0.05) is 88.7 Å². The van der Waals surface area contributed by atoms with Crippen LogP contribution in [0.15, 0.2) is 36.5 Å². The van der Waals surface area contributed by atoms with Gasteiger partial charge in [0.1, 0.15) is 0 Å². The van der Waals surface area contributed by atoms with Gasteiger partial charge in [0.25, 0.3) is 0 Å². The molecular weight excluding hydrogens is 272 g/mol. The van der Waals surface area contributed by atoms with Crippen molar-refractivity contribution in [2.75, 3.05) is 0 Å². The van der Waals surface area contributed by atoms with E-state index in [4.69, 9.17) is 5.11 Å². The molecule has 0 radical (unpaired) electrons. The Bertz CT molecular complexity index is 327. The summed E-state index contributed by atoms with van der Waals surface area (Å²) in [6, 6.07) is 0. The molecule has 1 N–H and O–H groups in total. The fraction of sp³-hybridized carbons (Fsp3) is 0.650. The van der Waals surface area contributed by atoms with Gasteiger partial charge in [-0.15, -0.1) is 0 Å². The molecule has 0 heterocycles. The predicted octanol–water partition coefficient (Wildman–Crippen LogP) is 6.44. The molecule has 0 unspecified atom stereocenters. The molecule has 2 heteroatoms. The molecule has 0 saturated heterocycles. The van der Waals surface area contributed by atoms with Crippen molar-refractivity contribution in [1.29, 1.82) is 0 Å². The highest BCUT2D eigenvalue weighted by Gasteiger charge is 1.91.